The van der Waals surface area contributed by atoms with Gasteiger partial charge in [-0.3, -0.25) is 0 Å². The molecule has 90 valence electrons. The molecule has 0 radical (unpaired) electrons. The van der Waals surface area contributed by atoms with Crippen molar-refractivity contribution in [3.05, 3.63) is 51.3 Å². The number of nitrogens with one attached hydrogen (secondary N) is 1. The molecule has 2 aromatic carbocycles. The Labute approximate surface area is 118 Å². The average Bonchev–Trinajstić information content (AvgIpc) is 2.37. The molecule has 0 atom stereocenters. The highest BCUT2D eigenvalue weighted by molar-refractivity contribution is 14.1. The summed E-state index contributed by atoms with van der Waals surface area (Å²) in [5, 5.41) is 11.7. The highest BCUT2D eigenvalue weighted by Gasteiger charge is 2.06. The summed E-state index contributed by atoms with van der Waals surface area (Å²) in [6, 6.07) is 11.8. The van der Waals surface area contributed by atoms with Crippen molar-refractivity contribution in [1.29, 1.82) is 5.26 Å². The lowest BCUT2D eigenvalue weighted by Crippen LogP contribution is -1.98. The van der Waals surface area contributed by atoms with Crippen molar-refractivity contribution < 1.29 is 4.39 Å². The van der Waals surface area contributed by atoms with E-state index in [0.29, 0.717) is 20.5 Å². The van der Waals surface area contributed by atoms with E-state index >= 15 is 0 Å². The van der Waals surface area contributed by atoms with Crippen LogP contribution in [0.1, 0.15) is 5.56 Å². The Morgan fingerprint density at radius 2 is 1.89 bits per heavy atom. The summed E-state index contributed by atoms with van der Waals surface area (Å²) in [4.78, 5) is 0. The van der Waals surface area contributed by atoms with Gasteiger partial charge < -0.3 is 11.1 Å². The maximum absolute atomic E-state index is 13.4. The first-order valence-corrected chi connectivity index (χ1v) is 6.20. The summed E-state index contributed by atoms with van der Waals surface area (Å²) in [6.45, 7) is 0. The van der Waals surface area contributed by atoms with E-state index in [1.54, 1.807) is 30.3 Å². The maximum atomic E-state index is 13.4. The largest absolute Gasteiger partial charge is 0.397 e. The van der Waals surface area contributed by atoms with Crippen LogP contribution < -0.4 is 11.1 Å². The summed E-state index contributed by atoms with van der Waals surface area (Å²) in [5.74, 6) is -0.319. The number of nitrogens with zero attached hydrogens (tertiary/aromatic N) is 1. The van der Waals surface area contributed by atoms with Gasteiger partial charge in [0, 0.05) is 11.8 Å². The van der Waals surface area contributed by atoms with Crippen molar-refractivity contribution in [2.24, 2.45) is 0 Å². The van der Waals surface area contributed by atoms with Crippen molar-refractivity contribution in [3.63, 3.8) is 0 Å². The Bertz CT molecular complexity index is 617. The zero-order chi connectivity index (χ0) is 13.1. The van der Waals surface area contributed by atoms with Crippen LogP contribution in [0.15, 0.2) is 36.4 Å². The zero-order valence-electron chi connectivity index (χ0n) is 9.24. The van der Waals surface area contributed by atoms with Gasteiger partial charge in [0.1, 0.15) is 5.82 Å². The van der Waals surface area contributed by atoms with E-state index in [1.165, 1.54) is 6.07 Å². The molecule has 2 aromatic rings. The smallest absolute Gasteiger partial charge is 0.138 e. The molecule has 0 amide bonds. The number of hydrogen-bond donors (Lipinski definition) is 2. The number of nitriles is 1. The Hall–Kier alpha value is -1.81. The first-order chi connectivity index (χ1) is 8.60. The van der Waals surface area contributed by atoms with Gasteiger partial charge in [-0.15, -0.1) is 0 Å². The minimum Gasteiger partial charge on any atom is -0.397 e. The summed E-state index contributed by atoms with van der Waals surface area (Å²) in [6.07, 6.45) is 0. The van der Waals surface area contributed by atoms with Gasteiger partial charge in [-0.05, 0) is 52.9 Å². The van der Waals surface area contributed by atoms with E-state index in [9.17, 15) is 4.39 Å². The molecule has 3 N–H and O–H groups in total. The van der Waals surface area contributed by atoms with Gasteiger partial charge in [-0.25, -0.2) is 4.39 Å². The van der Waals surface area contributed by atoms with E-state index in [4.69, 9.17) is 11.0 Å². The molecule has 0 aliphatic rings. The van der Waals surface area contributed by atoms with Crippen molar-refractivity contribution in [3.8, 4) is 6.07 Å². The molecule has 0 saturated heterocycles. The van der Waals surface area contributed by atoms with Crippen LogP contribution in [0.4, 0.5) is 21.5 Å². The first-order valence-electron chi connectivity index (χ1n) is 5.12. The summed E-state index contributed by atoms with van der Waals surface area (Å²) in [7, 11) is 0. The second kappa shape index (κ2) is 5.23. The van der Waals surface area contributed by atoms with Gasteiger partial charge >= 0.3 is 0 Å². The van der Waals surface area contributed by atoms with E-state index in [0.717, 1.165) is 5.69 Å². The maximum Gasteiger partial charge on any atom is 0.138 e. The van der Waals surface area contributed by atoms with Crippen LogP contribution >= 0.6 is 22.6 Å². The molecule has 18 heavy (non-hydrogen) atoms. The monoisotopic (exact) mass is 353 g/mol. The first kappa shape index (κ1) is 12.6. The lowest BCUT2D eigenvalue weighted by molar-refractivity contribution is 0.621. The van der Waals surface area contributed by atoms with Gasteiger partial charge in [-0.2, -0.15) is 5.26 Å². The van der Waals surface area contributed by atoms with Crippen molar-refractivity contribution in [2.75, 3.05) is 11.1 Å². The standard InChI is InChI=1S/C13H9FIN3/c14-10-5-13(12(17)6-11(10)15)18-9-3-1-8(7-16)2-4-9/h1-6,18H,17H2. The predicted octanol–water partition coefficient (Wildman–Crippen LogP) is 3.63. The lowest BCUT2D eigenvalue weighted by atomic mass is 10.2. The van der Waals surface area contributed by atoms with Crippen LogP contribution in [0.5, 0.6) is 0 Å². The topological polar surface area (TPSA) is 61.8 Å². The SMILES string of the molecule is N#Cc1ccc(Nc2cc(F)c(I)cc2N)cc1. The van der Waals surface area contributed by atoms with E-state index in [-0.39, 0.29) is 5.82 Å². The highest BCUT2D eigenvalue weighted by atomic mass is 127. The van der Waals surface area contributed by atoms with Gasteiger partial charge in [0.2, 0.25) is 0 Å². The third kappa shape index (κ3) is 2.71. The number of rotatable bonds is 2. The van der Waals surface area contributed by atoms with Gasteiger partial charge in [0.25, 0.3) is 0 Å². The Morgan fingerprint density at radius 3 is 2.50 bits per heavy atom. The van der Waals surface area contributed by atoms with E-state index < -0.39 is 0 Å². The zero-order valence-corrected chi connectivity index (χ0v) is 11.4. The van der Waals surface area contributed by atoms with Crippen molar-refractivity contribution >= 4 is 39.7 Å². The number of nitrogens with two attached hydrogens (primary N) is 1. The lowest BCUT2D eigenvalue weighted by Gasteiger charge is -2.10. The van der Waals surface area contributed by atoms with Crippen LogP contribution in [-0.4, -0.2) is 0 Å². The van der Waals surface area contributed by atoms with Crippen LogP contribution in [0.25, 0.3) is 0 Å². The highest BCUT2D eigenvalue weighted by Crippen LogP contribution is 2.27. The quantitative estimate of drug-likeness (QED) is 0.640. The number of halogens is 2. The minimum absolute atomic E-state index is 0.319. The fourth-order valence-electron chi connectivity index (χ4n) is 1.45. The molecule has 0 aliphatic carbocycles. The van der Waals surface area contributed by atoms with Crippen LogP contribution in [0.3, 0.4) is 0 Å². The number of benzene rings is 2. The van der Waals surface area contributed by atoms with Crippen LogP contribution in [0, 0.1) is 20.7 Å². The molecular weight excluding hydrogens is 344 g/mol. The Balaban J connectivity index is 2.28. The van der Waals surface area contributed by atoms with Crippen LogP contribution in [-0.2, 0) is 0 Å². The minimum atomic E-state index is -0.319. The fourth-order valence-corrected chi connectivity index (χ4v) is 1.95. The molecule has 0 spiro atoms. The molecule has 0 fully saturated rings. The van der Waals surface area contributed by atoms with Crippen molar-refractivity contribution in [1.82, 2.24) is 0 Å². The second-order valence-electron chi connectivity index (χ2n) is 3.67. The normalized spacial score (nSPS) is 9.83. The molecule has 0 heterocycles. The fraction of sp³-hybridized carbons (Fsp3) is 0. The molecule has 0 aromatic heterocycles. The summed E-state index contributed by atoms with van der Waals surface area (Å²) in [5.41, 5.74) is 8.12. The third-order valence-electron chi connectivity index (χ3n) is 2.39. The van der Waals surface area contributed by atoms with Gasteiger partial charge in [0.05, 0.1) is 26.6 Å². The summed E-state index contributed by atoms with van der Waals surface area (Å²) >= 11 is 1.89. The van der Waals surface area contributed by atoms with E-state index in [1.807, 2.05) is 28.7 Å². The molecule has 0 saturated carbocycles. The molecule has 0 bridgehead atoms. The van der Waals surface area contributed by atoms with Crippen molar-refractivity contribution in [2.45, 2.75) is 0 Å². The predicted molar refractivity (Wildman–Crippen MR) is 78.0 cm³/mol. The van der Waals surface area contributed by atoms with Gasteiger partial charge in [-0.1, -0.05) is 0 Å². The Kier molecular flexibility index (Phi) is 3.67. The summed E-state index contributed by atoms with van der Waals surface area (Å²) < 4.78 is 13.9. The molecular formula is C13H9FIN3. The molecule has 0 unspecified atom stereocenters. The van der Waals surface area contributed by atoms with E-state index in [2.05, 4.69) is 5.32 Å². The number of hydrogen-bond acceptors (Lipinski definition) is 3. The number of nitrogen functional groups attached to an aromatic ring is 1. The molecule has 2 rings (SSSR count). The molecule has 0 aliphatic heterocycles. The molecule has 3 nitrogen and oxygen atoms in total. The van der Waals surface area contributed by atoms with Gasteiger partial charge in [0.15, 0.2) is 0 Å². The molecule has 5 heteroatoms. The van der Waals surface area contributed by atoms with Crippen LogP contribution in [0.2, 0.25) is 0 Å². The third-order valence-corrected chi connectivity index (χ3v) is 3.21. The average molecular weight is 353 g/mol. The number of anilines is 3. The second-order valence-corrected chi connectivity index (χ2v) is 4.83. The Morgan fingerprint density at radius 1 is 1.22 bits per heavy atom.